The highest BCUT2D eigenvalue weighted by atomic mass is 15.3. The second kappa shape index (κ2) is 33.8. The van der Waals surface area contributed by atoms with Crippen molar-refractivity contribution >= 4 is 12.3 Å². The van der Waals surface area contributed by atoms with Crippen LogP contribution in [0.25, 0.3) is 5.57 Å². The van der Waals surface area contributed by atoms with Crippen molar-refractivity contribution in [3.8, 4) is 0 Å². The predicted molar refractivity (Wildman–Crippen MR) is 171 cm³/mol. The summed E-state index contributed by atoms with van der Waals surface area (Å²) in [6.45, 7) is 33.1. The summed E-state index contributed by atoms with van der Waals surface area (Å²) in [5.74, 6) is 0. The van der Waals surface area contributed by atoms with Gasteiger partial charge in [0.05, 0.1) is 0 Å². The smallest absolute Gasteiger partial charge is 0.0205 e. The van der Waals surface area contributed by atoms with Gasteiger partial charge in [-0.3, -0.25) is 5.43 Å². The summed E-state index contributed by atoms with van der Waals surface area (Å²) < 4.78 is 0. The van der Waals surface area contributed by atoms with Gasteiger partial charge in [-0.25, -0.2) is 0 Å². The normalized spacial score (nSPS) is 8.94. The molecule has 0 bridgehead atoms. The molecule has 0 saturated heterocycles. The number of rotatable bonds is 8. The lowest BCUT2D eigenvalue weighted by atomic mass is 10.00. The number of hydrogen-bond donors (Lipinski definition) is 1. The van der Waals surface area contributed by atoms with Crippen LogP contribution in [-0.2, 0) is 6.42 Å². The van der Waals surface area contributed by atoms with E-state index < -0.39 is 0 Å². The van der Waals surface area contributed by atoms with Gasteiger partial charge in [-0.1, -0.05) is 132 Å². The molecule has 0 saturated carbocycles. The van der Waals surface area contributed by atoms with Crippen LogP contribution in [0.2, 0.25) is 0 Å². The summed E-state index contributed by atoms with van der Waals surface area (Å²) in [5, 5.41) is 3.60. The van der Waals surface area contributed by atoms with E-state index in [-0.39, 0.29) is 0 Å². The van der Waals surface area contributed by atoms with Gasteiger partial charge in [0, 0.05) is 12.9 Å². The summed E-state index contributed by atoms with van der Waals surface area (Å²) in [5.41, 5.74) is 8.82. The quantitative estimate of drug-likeness (QED) is 0.169. The standard InChI is InChI=1S/C17H22N2.C8H10.C3H6.2C2H6.C2H4/c1-5-7-14(2)12-17(10-11-19-18-4)16-9-6-8-15(3)13-16;1-2-8-6-4-3-5-7-8;1-3-2;3*1-2/h6,8-13,19H,2,4-5,7H2,1,3H3;3-7H,2H2,1H3;3H,1H2,2H3;2*1-2H3;1-2H2/b11-10-,17-12+;;;;;. The number of aryl methyl sites for hydroxylation is 2. The number of nitrogens with one attached hydrogen (secondary N) is 1. The van der Waals surface area contributed by atoms with E-state index >= 15 is 0 Å². The topological polar surface area (TPSA) is 24.4 Å². The highest BCUT2D eigenvalue weighted by Crippen LogP contribution is 2.20. The Kier molecular flexibility index (Phi) is 37.4. The first-order chi connectivity index (χ1) is 17.5. The largest absolute Gasteiger partial charge is 0.286 e. The molecule has 0 atom stereocenters. The van der Waals surface area contributed by atoms with Crippen LogP contribution in [0.15, 0.2) is 116 Å². The Morgan fingerprint density at radius 2 is 1.50 bits per heavy atom. The van der Waals surface area contributed by atoms with Crippen LogP contribution in [-0.4, -0.2) is 6.72 Å². The van der Waals surface area contributed by atoms with E-state index in [9.17, 15) is 0 Å². The van der Waals surface area contributed by atoms with E-state index in [1.165, 1.54) is 16.7 Å². The molecule has 0 aliphatic rings. The highest BCUT2D eigenvalue weighted by Gasteiger charge is 1.99. The van der Waals surface area contributed by atoms with Crippen LogP contribution < -0.4 is 5.43 Å². The highest BCUT2D eigenvalue weighted by molar-refractivity contribution is 5.76. The third-order valence-corrected chi connectivity index (χ3v) is 3.96. The number of hydrogen-bond acceptors (Lipinski definition) is 2. The molecular formula is C34H54N2. The van der Waals surface area contributed by atoms with Crippen molar-refractivity contribution in [3.63, 3.8) is 0 Å². The lowest BCUT2D eigenvalue weighted by Gasteiger charge is -2.06. The Balaban J connectivity index is -0.000000248. The van der Waals surface area contributed by atoms with Crippen LogP contribution in [0.4, 0.5) is 0 Å². The molecule has 2 rings (SSSR count). The molecule has 1 N–H and O–H groups in total. The van der Waals surface area contributed by atoms with Gasteiger partial charge in [0.15, 0.2) is 0 Å². The first-order valence-corrected chi connectivity index (χ1v) is 13.0. The molecule has 200 valence electrons. The minimum Gasteiger partial charge on any atom is -0.286 e. The fraction of sp³-hybridized carbons (Fsp3) is 0.324. The van der Waals surface area contributed by atoms with Crippen LogP contribution in [0.3, 0.4) is 0 Å². The average molecular weight is 491 g/mol. The van der Waals surface area contributed by atoms with Crippen LogP contribution in [0, 0.1) is 6.92 Å². The Morgan fingerprint density at radius 1 is 0.944 bits per heavy atom. The Labute approximate surface area is 225 Å². The van der Waals surface area contributed by atoms with Gasteiger partial charge in [0.2, 0.25) is 0 Å². The predicted octanol–water partition coefficient (Wildman–Crippen LogP) is 10.7. The summed E-state index contributed by atoms with van der Waals surface area (Å²) >= 11 is 0. The number of nitrogens with zero attached hydrogens (tertiary/aromatic N) is 1. The van der Waals surface area contributed by atoms with Crippen LogP contribution in [0.5, 0.6) is 0 Å². The lowest BCUT2D eigenvalue weighted by molar-refractivity contribution is 0.930. The first-order valence-electron chi connectivity index (χ1n) is 13.0. The lowest BCUT2D eigenvalue weighted by Crippen LogP contribution is -1.91. The molecule has 2 heteroatoms. The number of benzene rings is 2. The molecule has 0 fully saturated rings. The minimum absolute atomic E-state index is 1.01. The van der Waals surface area contributed by atoms with Crippen LogP contribution in [0.1, 0.15) is 78.0 Å². The van der Waals surface area contributed by atoms with Crippen molar-refractivity contribution in [2.24, 2.45) is 5.10 Å². The van der Waals surface area contributed by atoms with Gasteiger partial charge >= 0.3 is 0 Å². The maximum absolute atomic E-state index is 4.09. The van der Waals surface area contributed by atoms with Gasteiger partial charge < -0.3 is 0 Å². The zero-order valence-electron chi connectivity index (χ0n) is 24.6. The second-order valence-corrected chi connectivity index (χ2v) is 6.75. The molecule has 0 heterocycles. The summed E-state index contributed by atoms with van der Waals surface area (Å²) in [7, 11) is 0. The first kappa shape index (κ1) is 39.8. The van der Waals surface area contributed by atoms with E-state index in [4.69, 9.17) is 0 Å². The van der Waals surface area contributed by atoms with Gasteiger partial charge in [0.25, 0.3) is 0 Å². The summed E-state index contributed by atoms with van der Waals surface area (Å²) in [4.78, 5) is 0. The molecule has 0 aliphatic heterocycles. The molecule has 0 spiro atoms. The molecule has 2 nitrogen and oxygen atoms in total. The monoisotopic (exact) mass is 490 g/mol. The minimum atomic E-state index is 1.01. The van der Waals surface area contributed by atoms with Crippen molar-refractivity contribution < 1.29 is 0 Å². The third kappa shape index (κ3) is 25.2. The molecule has 0 radical (unpaired) electrons. The van der Waals surface area contributed by atoms with E-state index in [1.54, 1.807) is 12.3 Å². The molecular weight excluding hydrogens is 436 g/mol. The Hall–Kier alpha value is -3.39. The van der Waals surface area contributed by atoms with Crippen molar-refractivity contribution in [1.82, 2.24) is 5.43 Å². The van der Waals surface area contributed by atoms with Crippen molar-refractivity contribution in [2.75, 3.05) is 0 Å². The fourth-order valence-electron chi connectivity index (χ4n) is 2.56. The van der Waals surface area contributed by atoms with Crippen LogP contribution >= 0.6 is 0 Å². The van der Waals surface area contributed by atoms with Gasteiger partial charge in [-0.2, -0.15) is 5.10 Å². The second-order valence-electron chi connectivity index (χ2n) is 6.75. The number of hydrazone groups is 1. The average Bonchev–Trinajstić information content (AvgIpc) is 2.93. The Bertz CT molecular complexity index is 814. The van der Waals surface area contributed by atoms with E-state index in [2.05, 4.69) is 119 Å². The van der Waals surface area contributed by atoms with E-state index in [0.717, 1.165) is 30.4 Å². The van der Waals surface area contributed by atoms with Gasteiger partial charge in [0.1, 0.15) is 0 Å². The summed E-state index contributed by atoms with van der Waals surface area (Å²) in [6.07, 6.45) is 10.9. The molecule has 36 heavy (non-hydrogen) atoms. The Morgan fingerprint density at radius 3 is 1.92 bits per heavy atom. The van der Waals surface area contributed by atoms with E-state index in [0.29, 0.717) is 0 Å². The zero-order chi connectivity index (χ0) is 28.6. The van der Waals surface area contributed by atoms with Gasteiger partial charge in [-0.15, -0.1) is 19.7 Å². The van der Waals surface area contributed by atoms with E-state index in [1.807, 2.05) is 46.8 Å². The summed E-state index contributed by atoms with van der Waals surface area (Å²) in [6, 6.07) is 18.9. The van der Waals surface area contributed by atoms with Crippen molar-refractivity contribution in [3.05, 3.63) is 128 Å². The molecule has 0 unspecified atom stereocenters. The number of allylic oxidation sites excluding steroid dienone is 5. The molecule has 2 aromatic rings. The zero-order valence-corrected chi connectivity index (χ0v) is 24.6. The molecule has 0 aromatic heterocycles. The van der Waals surface area contributed by atoms with Crippen molar-refractivity contribution in [2.45, 2.75) is 74.7 Å². The molecule has 0 aliphatic carbocycles. The third-order valence-electron chi connectivity index (χ3n) is 3.96. The fourth-order valence-corrected chi connectivity index (χ4v) is 2.56. The maximum atomic E-state index is 4.09. The molecule has 2 aromatic carbocycles. The van der Waals surface area contributed by atoms with Crippen molar-refractivity contribution in [1.29, 1.82) is 0 Å². The van der Waals surface area contributed by atoms with Gasteiger partial charge in [-0.05, 0) is 49.5 Å². The SMILES string of the molecule is C=C.C=CC.C=NN/C=C\C(=C/C(=C)CCC)c1cccc(C)c1.CC.CC.CCc1ccccc1. The maximum Gasteiger partial charge on any atom is 0.0205 e. The molecule has 0 amide bonds.